The van der Waals surface area contributed by atoms with Gasteiger partial charge in [0, 0.05) is 12.1 Å². The normalized spacial score (nSPS) is 12.8. The van der Waals surface area contributed by atoms with Gasteiger partial charge >= 0.3 is 7.82 Å². The molecular weight excluding hydrogens is 425 g/mol. The molecule has 1 atom stereocenters. The van der Waals surface area contributed by atoms with Crippen molar-refractivity contribution < 1.29 is 28.2 Å². The lowest BCUT2D eigenvalue weighted by Crippen LogP contribution is -2.42. The van der Waals surface area contributed by atoms with Crippen LogP contribution in [0, 0.1) is 0 Å². The minimum Gasteiger partial charge on any atom is -0.319 e. The molecule has 0 fully saturated rings. The van der Waals surface area contributed by atoms with E-state index in [4.69, 9.17) is 14.5 Å². The van der Waals surface area contributed by atoms with Crippen molar-refractivity contribution in [3.63, 3.8) is 0 Å². The lowest BCUT2D eigenvalue weighted by atomic mass is 10.0. The van der Waals surface area contributed by atoms with Gasteiger partial charge in [0.1, 0.15) is 6.61 Å². The third kappa shape index (κ3) is 17.7. The van der Waals surface area contributed by atoms with Crippen molar-refractivity contribution in [2.45, 2.75) is 116 Å². The van der Waals surface area contributed by atoms with E-state index in [2.05, 4.69) is 11.4 Å². The molecule has 1 unspecified atom stereocenters. The molecule has 0 saturated heterocycles. The highest BCUT2D eigenvalue weighted by atomic mass is 31.2. The summed E-state index contributed by atoms with van der Waals surface area (Å²) in [5, 5.41) is 0. The molecule has 2 N–H and O–H groups in total. The van der Waals surface area contributed by atoms with E-state index in [0.29, 0.717) is 6.61 Å². The Morgan fingerprint density at radius 3 is 1.59 bits per heavy atom. The number of phosphoric ester groups is 1. The molecule has 1 rings (SSSR count). The maximum Gasteiger partial charge on any atom is 0.469 e. The van der Waals surface area contributed by atoms with E-state index in [1.807, 2.05) is 18.2 Å². The van der Waals surface area contributed by atoms with Gasteiger partial charge in [-0.2, -0.15) is 4.57 Å². The predicted molar refractivity (Wildman–Crippen MR) is 129 cm³/mol. The quantitative estimate of drug-likeness (QED) is 0.109. The monoisotopic (exact) mass is 472 g/mol. The molecule has 0 aromatic carbocycles. The average molecular weight is 473 g/mol. The number of unbranched alkanes of at least 4 members (excludes halogenated alkanes) is 15. The molecule has 1 aromatic rings. The number of rotatable bonds is 22. The van der Waals surface area contributed by atoms with E-state index in [0.717, 1.165) is 12.8 Å². The van der Waals surface area contributed by atoms with Crippen molar-refractivity contribution in [3.05, 3.63) is 30.6 Å². The fraction of sp³-hybridized carbons (Fsp3) is 0.800. The minimum absolute atomic E-state index is 0.183. The summed E-state index contributed by atoms with van der Waals surface area (Å²) in [7, 11) is -4.51. The molecule has 7 heteroatoms. The molecule has 0 aliphatic heterocycles. The molecule has 0 saturated carbocycles. The Morgan fingerprint density at radius 1 is 0.719 bits per heavy atom. The molecule has 0 radical (unpaired) electrons. The van der Waals surface area contributed by atoms with Crippen molar-refractivity contribution in [2.24, 2.45) is 0 Å². The Bertz CT molecular complexity index is 581. The van der Waals surface area contributed by atoms with E-state index in [1.54, 1.807) is 17.0 Å². The fourth-order valence-electron chi connectivity index (χ4n) is 3.85. The molecule has 1 heterocycles. The zero-order valence-corrected chi connectivity index (χ0v) is 21.1. The maximum atomic E-state index is 11.0. The summed E-state index contributed by atoms with van der Waals surface area (Å²) >= 11 is 0. The van der Waals surface area contributed by atoms with Crippen LogP contribution in [-0.2, 0) is 13.8 Å². The highest BCUT2D eigenvalue weighted by Crippen LogP contribution is 2.36. The standard InChI is InChI=1S/C25H46NO5P/c1-2-3-4-5-6-7-8-9-10-11-12-13-14-15-16-20-23-30-25(24-31-32(27,28)29)26-21-18-17-19-22-26/h17-19,21-22,25H,2-16,20,23-24H2,1H3,(H-,27,28,29)/p+1. The largest absolute Gasteiger partial charge is 0.469 e. The summed E-state index contributed by atoms with van der Waals surface area (Å²) in [5.74, 6) is 0. The molecule has 0 spiro atoms. The summed E-state index contributed by atoms with van der Waals surface area (Å²) in [6.45, 7) is 2.64. The van der Waals surface area contributed by atoms with E-state index >= 15 is 0 Å². The predicted octanol–water partition coefficient (Wildman–Crippen LogP) is 6.86. The van der Waals surface area contributed by atoms with Gasteiger partial charge in [-0.05, 0) is 6.42 Å². The van der Waals surface area contributed by atoms with Crippen molar-refractivity contribution >= 4 is 7.82 Å². The second kappa shape index (κ2) is 19.7. The summed E-state index contributed by atoms with van der Waals surface area (Å²) < 4.78 is 23.3. The van der Waals surface area contributed by atoms with Gasteiger partial charge in [-0.15, -0.1) is 0 Å². The highest BCUT2D eigenvalue weighted by molar-refractivity contribution is 7.46. The van der Waals surface area contributed by atoms with E-state index < -0.39 is 14.1 Å². The zero-order valence-electron chi connectivity index (χ0n) is 20.2. The first-order valence-corrected chi connectivity index (χ1v) is 14.3. The van der Waals surface area contributed by atoms with E-state index in [1.165, 1.54) is 89.9 Å². The number of hydrogen-bond acceptors (Lipinski definition) is 3. The number of ether oxygens (including phenoxy) is 1. The van der Waals surface area contributed by atoms with Gasteiger partial charge in [0.15, 0.2) is 12.4 Å². The zero-order chi connectivity index (χ0) is 23.3. The van der Waals surface area contributed by atoms with Gasteiger partial charge in [0.2, 0.25) is 0 Å². The topological polar surface area (TPSA) is 79.9 Å². The number of nitrogens with zero attached hydrogens (tertiary/aromatic N) is 1. The summed E-state index contributed by atoms with van der Waals surface area (Å²) in [5.41, 5.74) is 0. The fourth-order valence-corrected chi connectivity index (χ4v) is 4.18. The first kappa shape index (κ1) is 29.3. The smallest absolute Gasteiger partial charge is 0.319 e. The molecular formula is C25H47NO5P+. The van der Waals surface area contributed by atoms with Crippen LogP contribution < -0.4 is 4.57 Å². The van der Waals surface area contributed by atoms with Crippen LogP contribution in [0.2, 0.25) is 0 Å². The van der Waals surface area contributed by atoms with Gasteiger partial charge in [-0.3, -0.25) is 4.52 Å². The van der Waals surface area contributed by atoms with Gasteiger partial charge < -0.3 is 14.5 Å². The van der Waals surface area contributed by atoms with Gasteiger partial charge in [0.05, 0.1) is 6.61 Å². The molecule has 1 aromatic heterocycles. The Morgan fingerprint density at radius 2 is 1.16 bits per heavy atom. The Hall–Kier alpha value is -0.780. The van der Waals surface area contributed by atoms with Crippen LogP contribution in [0.4, 0.5) is 0 Å². The Balaban J connectivity index is 1.96. The lowest BCUT2D eigenvalue weighted by Gasteiger charge is -2.14. The second-order valence-corrected chi connectivity index (χ2v) is 9.98. The van der Waals surface area contributed by atoms with Crippen LogP contribution in [-0.4, -0.2) is 23.0 Å². The van der Waals surface area contributed by atoms with Gasteiger partial charge in [0.25, 0.3) is 6.23 Å². The van der Waals surface area contributed by atoms with Crippen LogP contribution in [0.15, 0.2) is 30.6 Å². The first-order chi connectivity index (χ1) is 15.5. The van der Waals surface area contributed by atoms with E-state index in [9.17, 15) is 4.57 Å². The average Bonchev–Trinajstić information content (AvgIpc) is 2.77. The number of hydrogen-bond donors (Lipinski definition) is 2. The van der Waals surface area contributed by atoms with Crippen LogP contribution in [0.25, 0.3) is 0 Å². The number of aromatic nitrogens is 1. The van der Waals surface area contributed by atoms with Crippen molar-refractivity contribution in [3.8, 4) is 0 Å². The third-order valence-electron chi connectivity index (χ3n) is 5.76. The number of phosphoric acid groups is 1. The van der Waals surface area contributed by atoms with Crippen LogP contribution >= 0.6 is 7.82 Å². The molecule has 0 aliphatic carbocycles. The summed E-state index contributed by atoms with van der Waals surface area (Å²) in [4.78, 5) is 17.9. The van der Waals surface area contributed by atoms with Gasteiger partial charge in [-0.25, -0.2) is 4.57 Å². The minimum atomic E-state index is -4.51. The van der Waals surface area contributed by atoms with Crippen LogP contribution in [0.5, 0.6) is 0 Å². The van der Waals surface area contributed by atoms with Crippen LogP contribution in [0.3, 0.4) is 0 Å². The van der Waals surface area contributed by atoms with Gasteiger partial charge in [-0.1, -0.05) is 109 Å². The molecule has 186 valence electrons. The third-order valence-corrected chi connectivity index (χ3v) is 6.25. The summed E-state index contributed by atoms with van der Waals surface area (Å²) in [6.07, 6.45) is 24.3. The first-order valence-electron chi connectivity index (χ1n) is 12.8. The number of pyridine rings is 1. The Kier molecular flexibility index (Phi) is 18.0. The van der Waals surface area contributed by atoms with Crippen LogP contribution in [0.1, 0.15) is 116 Å². The van der Waals surface area contributed by atoms with Crippen molar-refractivity contribution in [2.75, 3.05) is 13.2 Å². The van der Waals surface area contributed by atoms with Crippen molar-refractivity contribution in [1.82, 2.24) is 0 Å². The molecule has 32 heavy (non-hydrogen) atoms. The second-order valence-electron chi connectivity index (χ2n) is 8.74. The Labute approximate surface area is 196 Å². The maximum absolute atomic E-state index is 11.0. The lowest BCUT2D eigenvalue weighted by molar-refractivity contribution is -0.763. The highest BCUT2D eigenvalue weighted by Gasteiger charge is 2.24. The molecule has 0 aliphatic rings. The molecule has 6 nitrogen and oxygen atoms in total. The van der Waals surface area contributed by atoms with E-state index in [-0.39, 0.29) is 6.61 Å². The molecule has 0 bridgehead atoms. The SMILES string of the molecule is CCCCCCCCCCCCCCCCCCOC(COP(=O)(O)O)[n+]1ccccc1. The summed E-state index contributed by atoms with van der Waals surface area (Å²) in [6, 6.07) is 5.58. The van der Waals surface area contributed by atoms with Crippen molar-refractivity contribution in [1.29, 1.82) is 0 Å². The molecule has 0 amide bonds.